The average molecular weight is 355 g/mol. The predicted molar refractivity (Wildman–Crippen MR) is 91.4 cm³/mol. The number of nitrogens with zero attached hydrogens (tertiary/aromatic N) is 2. The number of rotatable bonds is 4. The smallest absolute Gasteiger partial charge is 0.414 e. The molecule has 26 heavy (non-hydrogen) atoms. The Morgan fingerprint density at radius 2 is 2.31 bits per heavy atom. The molecule has 1 saturated carbocycles. The van der Waals surface area contributed by atoms with E-state index in [2.05, 4.69) is 11.4 Å². The van der Waals surface area contributed by atoms with Gasteiger partial charge >= 0.3 is 6.09 Å². The van der Waals surface area contributed by atoms with E-state index in [0.717, 1.165) is 12.0 Å². The number of halogens is 1. The van der Waals surface area contributed by atoms with Crippen molar-refractivity contribution in [2.24, 2.45) is 17.8 Å². The molecule has 7 heteroatoms. The van der Waals surface area contributed by atoms with Crippen molar-refractivity contribution in [1.29, 1.82) is 5.26 Å². The van der Waals surface area contributed by atoms with Crippen LogP contribution >= 0.6 is 0 Å². The molecule has 0 bridgehead atoms. The second-order valence-electron chi connectivity index (χ2n) is 7.01. The average Bonchev–Trinajstić information content (AvgIpc) is 2.93. The van der Waals surface area contributed by atoms with E-state index in [1.807, 2.05) is 6.08 Å². The molecule has 4 atom stereocenters. The number of amides is 2. The van der Waals surface area contributed by atoms with Crippen LogP contribution in [-0.2, 0) is 9.53 Å². The summed E-state index contributed by atoms with van der Waals surface area (Å²) in [6.45, 7) is 1.88. The highest BCUT2D eigenvalue weighted by Gasteiger charge is 2.53. The fourth-order valence-electron chi connectivity index (χ4n) is 3.86. The third kappa shape index (κ3) is 2.81. The van der Waals surface area contributed by atoms with Crippen LogP contribution in [0.5, 0.6) is 0 Å². The van der Waals surface area contributed by atoms with Gasteiger partial charge in [-0.2, -0.15) is 5.26 Å². The van der Waals surface area contributed by atoms with Crippen molar-refractivity contribution in [3.8, 4) is 6.07 Å². The lowest BCUT2D eigenvalue weighted by Crippen LogP contribution is -2.33. The van der Waals surface area contributed by atoms with Gasteiger partial charge in [-0.3, -0.25) is 9.69 Å². The Hall–Kier alpha value is -2.88. The maximum Gasteiger partial charge on any atom is 0.414 e. The molecule has 1 aliphatic heterocycles. The number of hydrogen-bond donors (Lipinski definition) is 1. The van der Waals surface area contributed by atoms with Gasteiger partial charge in [0.15, 0.2) is 0 Å². The molecule has 0 aromatic heterocycles. The highest BCUT2D eigenvalue weighted by molar-refractivity contribution is 5.90. The van der Waals surface area contributed by atoms with E-state index in [0.29, 0.717) is 17.2 Å². The molecule has 0 spiro atoms. The van der Waals surface area contributed by atoms with E-state index in [9.17, 15) is 14.0 Å². The summed E-state index contributed by atoms with van der Waals surface area (Å²) in [5.41, 5.74) is 1.89. The summed E-state index contributed by atoms with van der Waals surface area (Å²) in [5.74, 6) is 0.0911. The van der Waals surface area contributed by atoms with Gasteiger partial charge in [0.25, 0.3) is 0 Å². The molecule has 2 amide bonds. The van der Waals surface area contributed by atoms with Gasteiger partial charge in [-0.05, 0) is 42.0 Å². The van der Waals surface area contributed by atoms with Crippen LogP contribution in [0.3, 0.4) is 0 Å². The number of anilines is 1. The van der Waals surface area contributed by atoms with E-state index in [-0.39, 0.29) is 36.6 Å². The van der Waals surface area contributed by atoms with Crippen molar-refractivity contribution >= 4 is 23.3 Å². The summed E-state index contributed by atoms with van der Waals surface area (Å²) in [6, 6.07) is 6.99. The van der Waals surface area contributed by atoms with Crippen LogP contribution in [-0.4, -0.2) is 31.2 Å². The van der Waals surface area contributed by atoms with E-state index in [1.54, 1.807) is 12.1 Å². The Morgan fingerprint density at radius 1 is 1.50 bits per heavy atom. The Balaban J connectivity index is 1.47. The quantitative estimate of drug-likeness (QED) is 0.899. The van der Waals surface area contributed by atoms with Crippen LogP contribution in [0.1, 0.15) is 18.9 Å². The molecule has 1 aromatic rings. The van der Waals surface area contributed by atoms with Crippen LogP contribution in [0.25, 0.3) is 5.57 Å². The first-order valence-corrected chi connectivity index (χ1v) is 8.60. The number of benzene rings is 1. The molecule has 2 aliphatic carbocycles. The number of carbonyl (C=O) groups is 2. The summed E-state index contributed by atoms with van der Waals surface area (Å²) < 4.78 is 19.8. The predicted octanol–water partition coefficient (Wildman–Crippen LogP) is 2.46. The van der Waals surface area contributed by atoms with Crippen LogP contribution in [0, 0.1) is 34.9 Å². The molecule has 0 radical (unpaired) electrons. The maximum atomic E-state index is 14.6. The van der Waals surface area contributed by atoms with Gasteiger partial charge in [0.2, 0.25) is 5.91 Å². The van der Waals surface area contributed by atoms with Crippen molar-refractivity contribution in [3.05, 3.63) is 35.7 Å². The largest absolute Gasteiger partial charge is 0.442 e. The van der Waals surface area contributed by atoms with Crippen LogP contribution in [0.2, 0.25) is 0 Å². The van der Waals surface area contributed by atoms with E-state index in [4.69, 9.17) is 10.00 Å². The molecule has 6 nitrogen and oxygen atoms in total. The molecule has 1 aromatic carbocycles. The number of allylic oxidation sites excluding steroid dienone is 2. The minimum atomic E-state index is -0.550. The monoisotopic (exact) mass is 355 g/mol. The standard InChI is InChI=1S/C19H18FN3O3/c1-10(24)22-8-13-9-23(19(25)26-13)12-2-3-14(18(20)6-12)11-4-15-16(5-11)17(15)7-21/h2-4,6,13,15-17H,5,8-9H2,1H3,(H,22,24)/t13-,15?,16?,17?/m0/s1. The van der Waals surface area contributed by atoms with Gasteiger partial charge in [0, 0.05) is 12.5 Å². The van der Waals surface area contributed by atoms with E-state index >= 15 is 0 Å². The minimum absolute atomic E-state index is 0.0843. The fraction of sp³-hybridized carbons (Fsp3) is 0.421. The third-order valence-electron chi connectivity index (χ3n) is 5.29. The lowest BCUT2D eigenvalue weighted by molar-refractivity contribution is -0.119. The van der Waals surface area contributed by atoms with Gasteiger partial charge in [0.05, 0.1) is 30.8 Å². The molecule has 1 saturated heterocycles. The van der Waals surface area contributed by atoms with Crippen molar-refractivity contribution in [1.82, 2.24) is 5.32 Å². The summed E-state index contributed by atoms with van der Waals surface area (Å²) in [6.07, 6.45) is 1.72. The Kier molecular flexibility index (Phi) is 3.91. The number of carbonyl (C=O) groups excluding carboxylic acids is 2. The van der Waals surface area contributed by atoms with E-state index in [1.165, 1.54) is 17.9 Å². The topological polar surface area (TPSA) is 82.4 Å². The molecule has 134 valence electrons. The number of nitriles is 1. The van der Waals surface area contributed by atoms with Gasteiger partial charge in [-0.15, -0.1) is 0 Å². The Bertz CT molecular complexity index is 860. The van der Waals surface area contributed by atoms with Crippen LogP contribution in [0.15, 0.2) is 24.3 Å². The zero-order valence-electron chi connectivity index (χ0n) is 14.2. The first-order chi connectivity index (χ1) is 12.5. The summed E-state index contributed by atoms with van der Waals surface area (Å²) in [5, 5.41) is 11.6. The summed E-state index contributed by atoms with van der Waals surface area (Å²) in [4.78, 5) is 24.4. The highest BCUT2D eigenvalue weighted by Crippen LogP contribution is 2.57. The second-order valence-corrected chi connectivity index (χ2v) is 7.01. The molecule has 3 aliphatic rings. The first kappa shape index (κ1) is 16.6. The molecular weight excluding hydrogens is 337 g/mol. The van der Waals surface area contributed by atoms with Crippen LogP contribution < -0.4 is 10.2 Å². The SMILES string of the molecule is CC(=O)NC[C@H]1CN(c2ccc(C3=CC4C(C#N)C4C3)c(F)c2)C(=O)O1. The summed E-state index contributed by atoms with van der Waals surface area (Å²) >= 11 is 0. The molecule has 1 N–H and O–H groups in total. The molecule has 4 rings (SSSR count). The lowest BCUT2D eigenvalue weighted by Gasteiger charge is -2.15. The molecule has 1 heterocycles. The lowest BCUT2D eigenvalue weighted by atomic mass is 10.00. The van der Waals surface area contributed by atoms with Crippen molar-refractivity contribution in [2.45, 2.75) is 19.4 Å². The van der Waals surface area contributed by atoms with Crippen LogP contribution in [0.4, 0.5) is 14.9 Å². The molecule has 2 fully saturated rings. The van der Waals surface area contributed by atoms with Crippen molar-refractivity contribution in [3.63, 3.8) is 0 Å². The van der Waals surface area contributed by atoms with Gasteiger partial charge in [0.1, 0.15) is 11.9 Å². The molecule has 3 unspecified atom stereocenters. The minimum Gasteiger partial charge on any atom is -0.442 e. The normalized spacial score (nSPS) is 28.9. The zero-order valence-corrected chi connectivity index (χ0v) is 14.2. The van der Waals surface area contributed by atoms with Gasteiger partial charge < -0.3 is 10.1 Å². The van der Waals surface area contributed by atoms with Crippen molar-refractivity contribution < 1.29 is 18.7 Å². The number of fused-ring (bicyclic) bond motifs is 1. The van der Waals surface area contributed by atoms with Gasteiger partial charge in [-0.1, -0.05) is 6.08 Å². The number of nitrogens with one attached hydrogen (secondary N) is 1. The fourth-order valence-corrected chi connectivity index (χ4v) is 3.86. The van der Waals surface area contributed by atoms with Crippen molar-refractivity contribution in [2.75, 3.05) is 18.0 Å². The second kappa shape index (κ2) is 6.13. The highest BCUT2D eigenvalue weighted by atomic mass is 19.1. The Labute approximate surface area is 150 Å². The maximum absolute atomic E-state index is 14.6. The third-order valence-corrected chi connectivity index (χ3v) is 5.29. The number of hydrogen-bond acceptors (Lipinski definition) is 4. The summed E-state index contributed by atoms with van der Waals surface area (Å²) in [7, 11) is 0. The number of ether oxygens (including phenoxy) is 1. The number of cyclic esters (lactones) is 1. The zero-order chi connectivity index (χ0) is 18.4. The van der Waals surface area contributed by atoms with Gasteiger partial charge in [-0.25, -0.2) is 9.18 Å². The first-order valence-electron chi connectivity index (χ1n) is 8.60. The van der Waals surface area contributed by atoms with E-state index < -0.39 is 12.2 Å². The Morgan fingerprint density at radius 3 is 2.92 bits per heavy atom. The molecular formula is C19H18FN3O3.